The van der Waals surface area contributed by atoms with E-state index in [1.807, 2.05) is 23.6 Å². The number of hydrogen-bond donors (Lipinski definition) is 0. The fourth-order valence-electron chi connectivity index (χ4n) is 3.08. The van der Waals surface area contributed by atoms with Crippen LogP contribution < -0.4 is 4.74 Å². The highest BCUT2D eigenvalue weighted by Gasteiger charge is 2.35. The largest absolute Gasteiger partial charge is 0.489 e. The second-order valence-electron chi connectivity index (χ2n) is 6.29. The van der Waals surface area contributed by atoms with Gasteiger partial charge in [-0.25, -0.2) is 4.79 Å². The summed E-state index contributed by atoms with van der Waals surface area (Å²) in [6.07, 6.45) is 2.48. The van der Waals surface area contributed by atoms with Gasteiger partial charge in [-0.2, -0.15) is 0 Å². The molecule has 1 unspecified atom stereocenters. The van der Waals surface area contributed by atoms with Crippen LogP contribution in [0, 0.1) is 0 Å². The zero-order valence-electron chi connectivity index (χ0n) is 15.1. The molecule has 138 valence electrons. The lowest BCUT2D eigenvalue weighted by Crippen LogP contribution is -2.40. The Hall–Kier alpha value is -2.34. The molecule has 2 aromatic rings. The summed E-state index contributed by atoms with van der Waals surface area (Å²) in [5.41, 5.74) is 2.22. The number of carbonyl (C=O) groups is 2. The summed E-state index contributed by atoms with van der Waals surface area (Å²) in [4.78, 5) is 26.8. The number of rotatable bonds is 6. The molecule has 1 fully saturated rings. The van der Waals surface area contributed by atoms with E-state index in [-0.39, 0.29) is 11.9 Å². The lowest BCUT2D eigenvalue weighted by molar-refractivity contribution is -0.145. The van der Waals surface area contributed by atoms with Gasteiger partial charge in [0.2, 0.25) is 0 Å². The van der Waals surface area contributed by atoms with Crippen molar-refractivity contribution in [3.8, 4) is 5.75 Å². The fraction of sp³-hybridized carbons (Fsp3) is 0.400. The van der Waals surface area contributed by atoms with Crippen molar-refractivity contribution in [1.82, 2.24) is 4.90 Å². The van der Waals surface area contributed by atoms with Gasteiger partial charge in [-0.15, -0.1) is 11.3 Å². The first-order chi connectivity index (χ1) is 12.6. The molecule has 1 aromatic carbocycles. The van der Waals surface area contributed by atoms with Gasteiger partial charge in [-0.3, -0.25) is 4.79 Å². The van der Waals surface area contributed by atoms with E-state index in [0.717, 1.165) is 24.2 Å². The number of benzene rings is 1. The Morgan fingerprint density at radius 3 is 2.69 bits per heavy atom. The summed E-state index contributed by atoms with van der Waals surface area (Å²) in [5, 5.41) is 1.93. The Morgan fingerprint density at radius 1 is 1.23 bits per heavy atom. The number of thiophene rings is 1. The molecule has 1 atom stereocenters. The van der Waals surface area contributed by atoms with Gasteiger partial charge in [0.05, 0.1) is 12.0 Å². The molecule has 1 aliphatic heterocycles. The molecule has 0 aliphatic carbocycles. The number of aryl methyl sites for hydroxylation is 1. The van der Waals surface area contributed by atoms with Crippen LogP contribution in [-0.4, -0.2) is 36.5 Å². The van der Waals surface area contributed by atoms with Crippen LogP contribution in [0.4, 0.5) is 0 Å². The van der Waals surface area contributed by atoms with Crippen LogP contribution in [0.2, 0.25) is 0 Å². The number of methoxy groups -OCH3 is 1. The third kappa shape index (κ3) is 4.07. The SMILES string of the molecule is CCc1ccc(OCc2csc(C(=O)N3CCCC3C(=O)OC)c2)cc1. The molecular weight excluding hydrogens is 350 g/mol. The summed E-state index contributed by atoms with van der Waals surface area (Å²) in [6, 6.07) is 9.41. The first-order valence-electron chi connectivity index (χ1n) is 8.80. The maximum absolute atomic E-state index is 12.7. The lowest BCUT2D eigenvalue weighted by atomic mass is 10.2. The summed E-state index contributed by atoms with van der Waals surface area (Å²) in [5.74, 6) is 0.361. The number of hydrogen-bond acceptors (Lipinski definition) is 5. The van der Waals surface area contributed by atoms with Crippen LogP contribution in [0.25, 0.3) is 0 Å². The molecule has 2 heterocycles. The van der Waals surface area contributed by atoms with Crippen molar-refractivity contribution >= 4 is 23.2 Å². The highest BCUT2D eigenvalue weighted by Crippen LogP contribution is 2.25. The van der Waals surface area contributed by atoms with Crippen molar-refractivity contribution in [3.05, 3.63) is 51.7 Å². The average molecular weight is 373 g/mol. The molecule has 1 amide bonds. The van der Waals surface area contributed by atoms with Gasteiger partial charge < -0.3 is 14.4 Å². The molecule has 1 aromatic heterocycles. The van der Waals surface area contributed by atoms with E-state index in [4.69, 9.17) is 9.47 Å². The molecule has 0 N–H and O–H groups in total. The summed E-state index contributed by atoms with van der Waals surface area (Å²) in [6.45, 7) is 3.12. The monoisotopic (exact) mass is 373 g/mol. The van der Waals surface area contributed by atoms with Crippen LogP contribution in [0.3, 0.4) is 0 Å². The van der Waals surface area contributed by atoms with E-state index in [1.165, 1.54) is 24.0 Å². The third-order valence-corrected chi connectivity index (χ3v) is 5.56. The Labute approximate surface area is 157 Å². The number of carbonyl (C=O) groups excluding carboxylic acids is 2. The topological polar surface area (TPSA) is 55.8 Å². The van der Waals surface area contributed by atoms with Gasteiger partial charge in [0.1, 0.15) is 18.4 Å². The maximum Gasteiger partial charge on any atom is 0.328 e. The summed E-state index contributed by atoms with van der Waals surface area (Å²) >= 11 is 1.38. The van der Waals surface area contributed by atoms with Gasteiger partial charge in [0.25, 0.3) is 5.91 Å². The maximum atomic E-state index is 12.7. The van der Waals surface area contributed by atoms with Crippen molar-refractivity contribution in [2.75, 3.05) is 13.7 Å². The van der Waals surface area contributed by atoms with Gasteiger partial charge in [-0.05, 0) is 48.4 Å². The number of nitrogens with zero attached hydrogens (tertiary/aromatic N) is 1. The van der Waals surface area contributed by atoms with E-state index in [0.29, 0.717) is 24.4 Å². The fourth-order valence-corrected chi connectivity index (χ4v) is 3.94. The number of amides is 1. The van der Waals surface area contributed by atoms with E-state index >= 15 is 0 Å². The summed E-state index contributed by atoms with van der Waals surface area (Å²) < 4.78 is 10.6. The molecule has 0 radical (unpaired) electrons. The van der Waals surface area contributed by atoms with Gasteiger partial charge in [-0.1, -0.05) is 19.1 Å². The second-order valence-corrected chi connectivity index (χ2v) is 7.20. The zero-order chi connectivity index (χ0) is 18.5. The highest BCUT2D eigenvalue weighted by molar-refractivity contribution is 7.12. The smallest absolute Gasteiger partial charge is 0.328 e. The molecule has 0 spiro atoms. The van der Waals surface area contributed by atoms with Crippen LogP contribution in [-0.2, 0) is 22.6 Å². The van der Waals surface area contributed by atoms with Crippen LogP contribution in [0.15, 0.2) is 35.7 Å². The van der Waals surface area contributed by atoms with Crippen LogP contribution in [0.1, 0.15) is 40.6 Å². The quantitative estimate of drug-likeness (QED) is 0.725. The first kappa shape index (κ1) is 18.5. The lowest BCUT2D eigenvalue weighted by Gasteiger charge is -2.21. The summed E-state index contributed by atoms with van der Waals surface area (Å²) in [7, 11) is 1.36. The standard InChI is InChI=1S/C20H23NO4S/c1-3-14-6-8-16(9-7-14)25-12-15-11-18(26-13-15)19(22)21-10-4-5-17(21)20(23)24-2/h6-9,11,13,17H,3-5,10,12H2,1-2H3. The molecule has 3 rings (SSSR count). The Balaban J connectivity index is 1.61. The molecule has 1 aliphatic rings. The highest BCUT2D eigenvalue weighted by atomic mass is 32.1. The Bertz CT molecular complexity index is 768. The molecule has 5 nitrogen and oxygen atoms in total. The second kappa shape index (κ2) is 8.36. The predicted octanol–water partition coefficient (Wildman–Crippen LogP) is 3.67. The molecule has 6 heteroatoms. The van der Waals surface area contributed by atoms with Crippen molar-refractivity contribution in [2.45, 2.75) is 38.8 Å². The first-order valence-corrected chi connectivity index (χ1v) is 9.68. The van der Waals surface area contributed by atoms with Crippen LogP contribution in [0.5, 0.6) is 5.75 Å². The molecule has 0 saturated carbocycles. The van der Waals surface area contributed by atoms with Crippen molar-refractivity contribution in [1.29, 1.82) is 0 Å². The van der Waals surface area contributed by atoms with Crippen molar-refractivity contribution < 1.29 is 19.1 Å². The number of ether oxygens (including phenoxy) is 2. The third-order valence-electron chi connectivity index (χ3n) is 4.59. The minimum absolute atomic E-state index is 0.110. The van der Waals surface area contributed by atoms with Crippen molar-refractivity contribution in [2.24, 2.45) is 0 Å². The average Bonchev–Trinajstić information content (AvgIpc) is 3.35. The molecular formula is C20H23NO4S. The molecule has 26 heavy (non-hydrogen) atoms. The number of likely N-dealkylation sites (tertiary alicyclic amines) is 1. The zero-order valence-corrected chi connectivity index (χ0v) is 15.9. The molecule has 1 saturated heterocycles. The number of esters is 1. The van der Waals surface area contributed by atoms with Gasteiger partial charge in [0.15, 0.2) is 0 Å². The molecule has 0 bridgehead atoms. The predicted molar refractivity (Wildman–Crippen MR) is 101 cm³/mol. The van der Waals surface area contributed by atoms with Gasteiger partial charge >= 0.3 is 5.97 Å². The van der Waals surface area contributed by atoms with Crippen molar-refractivity contribution in [3.63, 3.8) is 0 Å². The van der Waals surface area contributed by atoms with E-state index < -0.39 is 6.04 Å². The van der Waals surface area contributed by atoms with Crippen LogP contribution >= 0.6 is 11.3 Å². The Morgan fingerprint density at radius 2 is 2.00 bits per heavy atom. The van der Waals surface area contributed by atoms with E-state index in [1.54, 1.807) is 4.90 Å². The Kier molecular flexibility index (Phi) is 5.93. The normalized spacial score (nSPS) is 16.5. The van der Waals surface area contributed by atoms with Gasteiger partial charge in [0, 0.05) is 12.1 Å². The minimum atomic E-state index is -0.466. The van der Waals surface area contributed by atoms with E-state index in [9.17, 15) is 9.59 Å². The van der Waals surface area contributed by atoms with E-state index in [2.05, 4.69) is 19.1 Å². The minimum Gasteiger partial charge on any atom is -0.489 e.